The van der Waals surface area contributed by atoms with Crippen molar-refractivity contribution in [3.63, 3.8) is 0 Å². The summed E-state index contributed by atoms with van der Waals surface area (Å²) in [6.07, 6.45) is -21.2. The fourth-order valence-electron chi connectivity index (χ4n) is 1.32. The average Bonchev–Trinajstić information content (AvgIpc) is 2.43. The molecule has 0 spiro atoms. The number of hydrogen-bond donors (Lipinski definition) is 0. The number of rotatable bonds is 8. The van der Waals surface area contributed by atoms with Crippen LogP contribution >= 0.6 is 0 Å². The van der Waals surface area contributed by atoms with Gasteiger partial charge in [-0.15, -0.1) is 0 Å². The van der Waals surface area contributed by atoms with Gasteiger partial charge in [-0.25, -0.2) is 9.18 Å². The first-order chi connectivity index (χ1) is 11.2. The molecule has 0 bridgehead atoms. The predicted molar refractivity (Wildman–Crippen MR) is 60.9 cm³/mol. The quantitative estimate of drug-likeness (QED) is 0.307. The van der Waals surface area contributed by atoms with Crippen LogP contribution in [0.4, 0.5) is 52.7 Å². The van der Waals surface area contributed by atoms with E-state index in [0.29, 0.717) is 0 Å². The Balaban J connectivity index is 5.83. The summed E-state index contributed by atoms with van der Waals surface area (Å²) >= 11 is 0. The SMILES string of the molecule is C=C(CC)C(=O)OC(F)(F)C(F)(F)C(F)(F)C(F)(F)C(F)CC(F)(F)F. The number of carbonyl (C=O) groups is 1. The Kier molecular flexibility index (Phi) is 6.73. The summed E-state index contributed by atoms with van der Waals surface area (Å²) in [6.45, 7) is 3.82. The molecule has 26 heavy (non-hydrogen) atoms. The van der Waals surface area contributed by atoms with Crippen molar-refractivity contribution in [3.05, 3.63) is 12.2 Å². The molecule has 0 rings (SSSR count). The third kappa shape index (κ3) is 4.55. The number of hydrogen-bond acceptors (Lipinski definition) is 2. The first-order valence-corrected chi connectivity index (χ1v) is 6.37. The van der Waals surface area contributed by atoms with Crippen LogP contribution in [0.25, 0.3) is 0 Å². The molecule has 1 unspecified atom stereocenters. The maximum atomic E-state index is 13.3. The second kappa shape index (κ2) is 7.18. The Morgan fingerprint density at radius 2 is 1.35 bits per heavy atom. The lowest BCUT2D eigenvalue weighted by atomic mass is 9.97. The molecule has 0 heterocycles. The number of carbonyl (C=O) groups excluding carboxylic acids is 1. The van der Waals surface area contributed by atoms with Crippen molar-refractivity contribution in [2.45, 2.75) is 56.0 Å². The minimum absolute atomic E-state index is 0.481. The van der Waals surface area contributed by atoms with Crippen LogP contribution in [0.5, 0.6) is 0 Å². The molecule has 0 aromatic heterocycles. The third-order valence-electron chi connectivity index (χ3n) is 2.92. The highest BCUT2D eigenvalue weighted by atomic mass is 19.4. The predicted octanol–water partition coefficient (Wildman–Crippen LogP) is 5.29. The Labute approximate surface area is 137 Å². The van der Waals surface area contributed by atoms with Gasteiger partial charge in [0.2, 0.25) is 0 Å². The highest BCUT2D eigenvalue weighted by molar-refractivity contribution is 5.87. The molecule has 0 fully saturated rings. The standard InChI is InChI=1S/C12H10F12O2/c1-3-5(2)7(25)26-12(23,24)11(21,22)10(19,20)9(17,18)6(13)4-8(14,15)16/h6H,2-4H2,1H3. The van der Waals surface area contributed by atoms with Crippen LogP contribution < -0.4 is 0 Å². The second-order valence-electron chi connectivity index (χ2n) is 4.92. The van der Waals surface area contributed by atoms with Crippen molar-refractivity contribution >= 4 is 5.97 Å². The lowest BCUT2D eigenvalue weighted by molar-refractivity contribution is -0.422. The molecule has 0 aromatic carbocycles. The maximum absolute atomic E-state index is 13.3. The fourth-order valence-corrected chi connectivity index (χ4v) is 1.32. The fraction of sp³-hybridized carbons (Fsp3) is 0.750. The van der Waals surface area contributed by atoms with Gasteiger partial charge >= 0.3 is 36.0 Å². The smallest absolute Gasteiger partial charge is 0.393 e. The molecule has 0 aromatic rings. The monoisotopic (exact) mass is 414 g/mol. The average molecular weight is 414 g/mol. The first kappa shape index (κ1) is 24.4. The summed E-state index contributed by atoms with van der Waals surface area (Å²) in [7, 11) is 0. The van der Waals surface area contributed by atoms with Crippen molar-refractivity contribution in [1.82, 2.24) is 0 Å². The van der Waals surface area contributed by atoms with Crippen molar-refractivity contribution < 1.29 is 62.2 Å². The van der Waals surface area contributed by atoms with Gasteiger partial charge in [0, 0.05) is 5.57 Å². The first-order valence-electron chi connectivity index (χ1n) is 6.37. The topological polar surface area (TPSA) is 26.3 Å². The van der Waals surface area contributed by atoms with E-state index in [0.717, 1.165) is 6.92 Å². The van der Waals surface area contributed by atoms with E-state index in [4.69, 9.17) is 0 Å². The van der Waals surface area contributed by atoms with Crippen molar-refractivity contribution in [2.75, 3.05) is 0 Å². The van der Waals surface area contributed by atoms with Gasteiger partial charge in [-0.1, -0.05) is 13.5 Å². The van der Waals surface area contributed by atoms with Crippen LogP contribution in [0.3, 0.4) is 0 Å². The Bertz CT molecular complexity index is 537. The summed E-state index contributed by atoms with van der Waals surface area (Å²) in [6, 6.07) is 0. The Hall–Kier alpha value is -1.63. The zero-order chi connectivity index (χ0) is 21.4. The molecule has 0 radical (unpaired) electrons. The maximum Gasteiger partial charge on any atom is 0.473 e. The zero-order valence-corrected chi connectivity index (χ0v) is 12.6. The molecule has 0 saturated heterocycles. The van der Waals surface area contributed by atoms with Crippen molar-refractivity contribution in [1.29, 1.82) is 0 Å². The van der Waals surface area contributed by atoms with Crippen LogP contribution in [0.1, 0.15) is 19.8 Å². The number of ether oxygens (including phenoxy) is 1. The van der Waals surface area contributed by atoms with Crippen LogP contribution in [-0.2, 0) is 9.53 Å². The summed E-state index contributed by atoms with van der Waals surface area (Å²) in [5, 5.41) is 0. The van der Waals surface area contributed by atoms with Crippen molar-refractivity contribution in [3.8, 4) is 0 Å². The lowest BCUT2D eigenvalue weighted by Gasteiger charge is -2.37. The highest BCUT2D eigenvalue weighted by Gasteiger charge is 2.84. The normalized spacial score (nSPS) is 15.6. The van der Waals surface area contributed by atoms with Gasteiger partial charge in [-0.05, 0) is 6.42 Å². The summed E-state index contributed by atoms with van der Waals surface area (Å²) in [5.74, 6) is -23.9. The lowest BCUT2D eigenvalue weighted by Crippen LogP contribution is -2.66. The summed E-state index contributed by atoms with van der Waals surface area (Å²) in [4.78, 5) is 10.9. The van der Waals surface area contributed by atoms with E-state index in [1.807, 2.05) is 0 Å². The number of halogens is 12. The molecule has 14 heteroatoms. The van der Waals surface area contributed by atoms with Gasteiger partial charge in [0.25, 0.3) is 0 Å². The van der Waals surface area contributed by atoms with Gasteiger partial charge in [0.1, 0.15) is 0 Å². The minimum Gasteiger partial charge on any atom is -0.393 e. The molecule has 1 atom stereocenters. The summed E-state index contributed by atoms with van der Waals surface area (Å²) < 4.78 is 157. The van der Waals surface area contributed by atoms with Crippen LogP contribution in [-0.4, -0.2) is 42.2 Å². The summed E-state index contributed by atoms with van der Waals surface area (Å²) in [5.41, 5.74) is -0.934. The molecular formula is C12H10F12O2. The van der Waals surface area contributed by atoms with Gasteiger partial charge in [-0.2, -0.15) is 48.3 Å². The van der Waals surface area contributed by atoms with E-state index in [2.05, 4.69) is 11.3 Å². The van der Waals surface area contributed by atoms with Crippen molar-refractivity contribution in [2.24, 2.45) is 0 Å². The van der Waals surface area contributed by atoms with Gasteiger partial charge in [0.15, 0.2) is 6.17 Å². The van der Waals surface area contributed by atoms with E-state index in [1.54, 1.807) is 0 Å². The molecular weight excluding hydrogens is 404 g/mol. The second-order valence-corrected chi connectivity index (χ2v) is 4.92. The van der Waals surface area contributed by atoms with E-state index in [1.165, 1.54) is 0 Å². The van der Waals surface area contributed by atoms with Crippen LogP contribution in [0.2, 0.25) is 0 Å². The molecule has 2 nitrogen and oxygen atoms in total. The van der Waals surface area contributed by atoms with E-state index >= 15 is 0 Å². The molecule has 0 aliphatic carbocycles. The molecule has 0 saturated carbocycles. The number of alkyl halides is 12. The Morgan fingerprint density at radius 3 is 1.69 bits per heavy atom. The largest absolute Gasteiger partial charge is 0.473 e. The Morgan fingerprint density at radius 1 is 0.923 bits per heavy atom. The van der Waals surface area contributed by atoms with Crippen LogP contribution in [0, 0.1) is 0 Å². The molecule has 0 aliphatic heterocycles. The highest BCUT2D eigenvalue weighted by Crippen LogP contribution is 2.55. The van der Waals surface area contributed by atoms with Gasteiger partial charge < -0.3 is 4.74 Å². The van der Waals surface area contributed by atoms with Gasteiger partial charge in [-0.3, -0.25) is 0 Å². The van der Waals surface area contributed by atoms with E-state index in [-0.39, 0.29) is 0 Å². The van der Waals surface area contributed by atoms with Gasteiger partial charge in [0.05, 0.1) is 6.42 Å². The van der Waals surface area contributed by atoms with E-state index in [9.17, 15) is 57.5 Å². The molecule has 0 N–H and O–H groups in total. The van der Waals surface area contributed by atoms with E-state index < -0.39 is 60.6 Å². The molecule has 0 aliphatic rings. The third-order valence-corrected chi connectivity index (χ3v) is 2.92. The van der Waals surface area contributed by atoms with Crippen LogP contribution in [0.15, 0.2) is 12.2 Å². The number of esters is 1. The zero-order valence-electron chi connectivity index (χ0n) is 12.6. The minimum atomic E-state index is -7.36. The molecule has 0 amide bonds. The molecule has 154 valence electrons.